The highest BCUT2D eigenvalue weighted by molar-refractivity contribution is 7.89. The Morgan fingerprint density at radius 1 is 1.55 bits per heavy atom. The van der Waals surface area contributed by atoms with Crippen LogP contribution in [0.2, 0.25) is 0 Å². The standard InChI is InChI=1S/C12H18N2O5S/c1-8-10(12(15)18-3)6-11(19-8)20(16,17)14(2)9-4-5-13-7-9/h6,9,13H,4-5,7H2,1-3H3. The van der Waals surface area contributed by atoms with Crippen molar-refractivity contribution in [2.75, 3.05) is 27.2 Å². The van der Waals surface area contributed by atoms with E-state index in [4.69, 9.17) is 4.42 Å². The van der Waals surface area contributed by atoms with Crippen molar-refractivity contribution in [1.82, 2.24) is 9.62 Å². The summed E-state index contributed by atoms with van der Waals surface area (Å²) in [4.78, 5) is 11.5. The van der Waals surface area contributed by atoms with Gasteiger partial charge in [0.1, 0.15) is 11.3 Å². The van der Waals surface area contributed by atoms with E-state index in [1.165, 1.54) is 31.5 Å². The molecule has 0 aliphatic carbocycles. The highest BCUT2D eigenvalue weighted by Gasteiger charge is 2.33. The Kier molecular flexibility index (Phi) is 4.17. The Bertz CT molecular complexity index is 601. The van der Waals surface area contributed by atoms with Crippen LogP contribution in [0, 0.1) is 6.92 Å². The minimum atomic E-state index is -3.75. The molecule has 1 saturated heterocycles. The largest absolute Gasteiger partial charge is 0.465 e. The van der Waals surface area contributed by atoms with Crippen LogP contribution in [0.5, 0.6) is 0 Å². The maximum atomic E-state index is 12.4. The quantitative estimate of drug-likeness (QED) is 0.808. The van der Waals surface area contributed by atoms with E-state index in [1.807, 2.05) is 0 Å². The van der Waals surface area contributed by atoms with E-state index in [1.54, 1.807) is 0 Å². The molecule has 1 fully saturated rings. The van der Waals surface area contributed by atoms with E-state index in [0.29, 0.717) is 6.54 Å². The smallest absolute Gasteiger partial charge is 0.341 e. The molecule has 7 nitrogen and oxygen atoms in total. The molecule has 2 heterocycles. The first-order valence-corrected chi connectivity index (χ1v) is 7.69. The van der Waals surface area contributed by atoms with Gasteiger partial charge in [-0.05, 0) is 19.9 Å². The molecule has 0 aromatic carbocycles. The van der Waals surface area contributed by atoms with Crippen LogP contribution in [0.25, 0.3) is 0 Å². The molecule has 0 spiro atoms. The van der Waals surface area contributed by atoms with Crippen molar-refractivity contribution >= 4 is 16.0 Å². The van der Waals surface area contributed by atoms with Crippen LogP contribution >= 0.6 is 0 Å². The number of esters is 1. The predicted molar refractivity (Wildman–Crippen MR) is 71.0 cm³/mol. The molecule has 1 aliphatic heterocycles. The number of sulfonamides is 1. The topological polar surface area (TPSA) is 88.9 Å². The van der Waals surface area contributed by atoms with Gasteiger partial charge >= 0.3 is 5.97 Å². The lowest BCUT2D eigenvalue weighted by molar-refractivity contribution is 0.0599. The number of nitrogens with zero attached hydrogens (tertiary/aromatic N) is 1. The summed E-state index contributed by atoms with van der Waals surface area (Å²) in [5.74, 6) is -0.383. The van der Waals surface area contributed by atoms with Crippen LogP contribution in [-0.2, 0) is 14.8 Å². The Balaban J connectivity index is 2.32. The number of methoxy groups -OCH3 is 1. The third-order valence-electron chi connectivity index (χ3n) is 3.48. The lowest BCUT2D eigenvalue weighted by atomic mass is 10.3. The van der Waals surface area contributed by atoms with E-state index < -0.39 is 16.0 Å². The number of furan rings is 1. The molecule has 0 saturated carbocycles. The third kappa shape index (κ3) is 2.58. The SMILES string of the molecule is COC(=O)c1cc(S(=O)(=O)N(C)C2CCNC2)oc1C. The first-order valence-electron chi connectivity index (χ1n) is 6.25. The van der Waals surface area contributed by atoms with Crippen molar-refractivity contribution in [2.45, 2.75) is 24.5 Å². The van der Waals surface area contributed by atoms with Gasteiger partial charge in [0.05, 0.1) is 7.11 Å². The monoisotopic (exact) mass is 302 g/mol. The lowest BCUT2D eigenvalue weighted by Crippen LogP contribution is -2.38. The van der Waals surface area contributed by atoms with Crippen molar-refractivity contribution < 1.29 is 22.4 Å². The third-order valence-corrected chi connectivity index (χ3v) is 5.25. The van der Waals surface area contributed by atoms with Gasteiger partial charge in [-0.15, -0.1) is 0 Å². The Morgan fingerprint density at radius 2 is 2.25 bits per heavy atom. The normalized spacial score (nSPS) is 19.5. The van der Waals surface area contributed by atoms with Gasteiger partial charge in [-0.25, -0.2) is 13.2 Å². The second-order valence-electron chi connectivity index (χ2n) is 4.69. The summed E-state index contributed by atoms with van der Waals surface area (Å²) in [6.07, 6.45) is 0.749. The Hall–Kier alpha value is -1.38. The van der Waals surface area contributed by atoms with E-state index in [0.717, 1.165) is 13.0 Å². The summed E-state index contributed by atoms with van der Waals surface area (Å²) in [6.45, 7) is 2.93. The lowest BCUT2D eigenvalue weighted by Gasteiger charge is -2.21. The van der Waals surface area contributed by atoms with E-state index in [9.17, 15) is 13.2 Å². The fourth-order valence-corrected chi connectivity index (χ4v) is 3.54. The molecule has 1 unspecified atom stereocenters. The number of hydrogen-bond donors (Lipinski definition) is 1. The van der Waals surface area contributed by atoms with Crippen molar-refractivity contribution in [3.05, 3.63) is 17.4 Å². The molecule has 1 aromatic rings. The highest BCUT2D eigenvalue weighted by atomic mass is 32.2. The molecule has 1 aliphatic rings. The van der Waals surface area contributed by atoms with E-state index in [-0.39, 0.29) is 22.5 Å². The van der Waals surface area contributed by atoms with Crippen LogP contribution in [0.3, 0.4) is 0 Å². The molecular formula is C12H18N2O5S. The minimum Gasteiger partial charge on any atom is -0.465 e. The van der Waals surface area contributed by atoms with Gasteiger partial charge in [-0.1, -0.05) is 0 Å². The number of rotatable bonds is 4. The summed E-state index contributed by atoms with van der Waals surface area (Å²) in [7, 11) is -0.995. The molecule has 0 radical (unpaired) electrons. The van der Waals surface area contributed by atoms with Crippen LogP contribution in [0.1, 0.15) is 22.5 Å². The summed E-state index contributed by atoms with van der Waals surface area (Å²) >= 11 is 0. The second-order valence-corrected chi connectivity index (χ2v) is 6.62. The number of likely N-dealkylation sites (N-methyl/N-ethyl adjacent to an activating group) is 1. The first-order chi connectivity index (χ1) is 9.37. The van der Waals surface area contributed by atoms with Crippen molar-refractivity contribution in [3.8, 4) is 0 Å². The number of ether oxygens (including phenoxy) is 1. The predicted octanol–water partition coefficient (Wildman–Crippen LogP) is 0.357. The van der Waals surface area contributed by atoms with Crippen molar-refractivity contribution in [3.63, 3.8) is 0 Å². The van der Waals surface area contributed by atoms with Gasteiger partial charge in [0.15, 0.2) is 0 Å². The molecule has 0 bridgehead atoms. The molecular weight excluding hydrogens is 284 g/mol. The van der Waals surface area contributed by atoms with Gasteiger partial charge in [-0.3, -0.25) is 0 Å². The number of nitrogens with one attached hydrogen (secondary N) is 1. The fraction of sp³-hybridized carbons (Fsp3) is 0.583. The van der Waals surface area contributed by atoms with E-state index in [2.05, 4.69) is 10.1 Å². The number of carbonyl (C=O) groups excluding carboxylic acids is 1. The summed E-state index contributed by atoms with van der Waals surface area (Å²) in [5, 5.41) is 2.88. The van der Waals surface area contributed by atoms with Crippen molar-refractivity contribution in [1.29, 1.82) is 0 Å². The van der Waals surface area contributed by atoms with Gasteiger partial charge < -0.3 is 14.5 Å². The summed E-state index contributed by atoms with van der Waals surface area (Å²) in [6, 6.07) is 1.11. The molecule has 1 atom stereocenters. The second kappa shape index (κ2) is 5.55. The molecule has 2 rings (SSSR count). The highest BCUT2D eigenvalue weighted by Crippen LogP contribution is 2.24. The van der Waals surface area contributed by atoms with E-state index >= 15 is 0 Å². The number of aryl methyl sites for hydroxylation is 1. The van der Waals surface area contributed by atoms with Gasteiger partial charge in [0, 0.05) is 25.7 Å². The molecule has 1 N–H and O–H groups in total. The molecule has 1 aromatic heterocycles. The zero-order valence-corrected chi connectivity index (χ0v) is 12.5. The number of hydrogen-bond acceptors (Lipinski definition) is 6. The van der Waals surface area contributed by atoms with Crippen LogP contribution < -0.4 is 5.32 Å². The Morgan fingerprint density at radius 3 is 2.80 bits per heavy atom. The van der Waals surface area contributed by atoms with Gasteiger partial charge in [-0.2, -0.15) is 4.31 Å². The summed E-state index contributed by atoms with van der Waals surface area (Å²) < 4.78 is 36.0. The molecule has 112 valence electrons. The molecule has 8 heteroatoms. The van der Waals surface area contributed by atoms with Crippen LogP contribution in [-0.4, -0.2) is 52.0 Å². The van der Waals surface area contributed by atoms with Crippen molar-refractivity contribution in [2.24, 2.45) is 0 Å². The maximum absolute atomic E-state index is 12.4. The first kappa shape index (κ1) is 15.0. The van der Waals surface area contributed by atoms with Gasteiger partial charge in [0.2, 0.25) is 5.09 Å². The Labute approximate surface area is 117 Å². The zero-order valence-electron chi connectivity index (χ0n) is 11.7. The minimum absolute atomic E-state index is 0.105. The van der Waals surface area contributed by atoms with Crippen LogP contribution in [0.15, 0.2) is 15.6 Å². The average Bonchev–Trinajstić information content (AvgIpc) is 3.06. The zero-order chi connectivity index (χ0) is 14.9. The maximum Gasteiger partial charge on any atom is 0.341 e. The molecule has 20 heavy (non-hydrogen) atoms. The molecule has 0 amide bonds. The fourth-order valence-electron chi connectivity index (χ4n) is 2.18. The average molecular weight is 302 g/mol. The van der Waals surface area contributed by atoms with Gasteiger partial charge in [0.25, 0.3) is 10.0 Å². The van der Waals surface area contributed by atoms with Crippen LogP contribution in [0.4, 0.5) is 0 Å². The summed E-state index contributed by atoms with van der Waals surface area (Å²) in [5.41, 5.74) is 0.129. The number of carbonyl (C=O) groups is 1.